The molecule has 1 N–H and O–H groups in total. The maximum Gasteiger partial charge on any atom is 0.252 e. The number of aromatic nitrogens is 2. The molecule has 0 saturated carbocycles. The minimum Gasteiger partial charge on any atom is -0.497 e. The van der Waals surface area contributed by atoms with Gasteiger partial charge in [-0.3, -0.25) is 9.63 Å². The van der Waals surface area contributed by atoms with Gasteiger partial charge < -0.3 is 13.7 Å². The Morgan fingerprint density at radius 1 is 1.23 bits per heavy atom. The topological polar surface area (TPSA) is 99.6 Å². The third-order valence-electron chi connectivity index (χ3n) is 3.56. The molecular weight excluding hydrogens is 338 g/mol. The second-order valence-corrected chi connectivity index (χ2v) is 5.47. The number of nitrogens with one attached hydrogen (secondary N) is 1. The van der Waals surface area contributed by atoms with Crippen LogP contribution in [0.4, 0.5) is 0 Å². The Labute approximate surface area is 150 Å². The van der Waals surface area contributed by atoms with Crippen LogP contribution in [0.15, 0.2) is 51.6 Å². The number of hydroxylamine groups is 1. The van der Waals surface area contributed by atoms with Crippen LogP contribution in [0.1, 0.15) is 18.1 Å². The fourth-order valence-electron chi connectivity index (χ4n) is 2.26. The van der Waals surface area contributed by atoms with Gasteiger partial charge in [0.1, 0.15) is 17.9 Å². The lowest BCUT2D eigenvalue weighted by Gasteiger charge is -2.03. The number of methoxy groups -OCH3 is 1. The highest BCUT2D eigenvalue weighted by Crippen LogP contribution is 2.19. The van der Waals surface area contributed by atoms with Crippen LogP contribution in [0.5, 0.6) is 5.75 Å². The molecule has 136 valence electrons. The van der Waals surface area contributed by atoms with E-state index in [9.17, 15) is 4.79 Å². The van der Waals surface area contributed by atoms with E-state index in [1.165, 1.54) is 0 Å². The number of amides is 1. The standard InChI is InChI=1S/C18H19N3O5/c1-23-14-8-6-13(7-9-14)18-19-17(26-21-18)12-16(22)20-25-11-3-5-15-4-2-10-24-15/h2,4,6-10H,3,5,11-12H2,1H3,(H,20,22). The van der Waals surface area contributed by atoms with Crippen molar-refractivity contribution in [1.82, 2.24) is 15.6 Å². The molecule has 1 amide bonds. The van der Waals surface area contributed by atoms with E-state index in [2.05, 4.69) is 15.6 Å². The highest BCUT2D eigenvalue weighted by atomic mass is 16.6. The van der Waals surface area contributed by atoms with Gasteiger partial charge in [-0.25, -0.2) is 5.48 Å². The highest BCUT2D eigenvalue weighted by molar-refractivity contribution is 5.76. The van der Waals surface area contributed by atoms with Gasteiger partial charge in [-0.15, -0.1) is 0 Å². The molecule has 0 aliphatic heterocycles. The van der Waals surface area contributed by atoms with Crippen molar-refractivity contribution >= 4 is 5.91 Å². The Kier molecular flexibility index (Phi) is 6.00. The van der Waals surface area contributed by atoms with Gasteiger partial charge in [-0.05, 0) is 42.8 Å². The van der Waals surface area contributed by atoms with E-state index in [0.717, 1.165) is 29.9 Å². The highest BCUT2D eigenvalue weighted by Gasteiger charge is 2.13. The van der Waals surface area contributed by atoms with Crippen molar-refractivity contribution in [3.05, 3.63) is 54.3 Å². The molecule has 0 bridgehead atoms. The maximum absolute atomic E-state index is 11.8. The molecule has 0 saturated heterocycles. The summed E-state index contributed by atoms with van der Waals surface area (Å²) in [5.41, 5.74) is 3.13. The second kappa shape index (κ2) is 8.82. The average Bonchev–Trinajstić information content (AvgIpc) is 3.33. The summed E-state index contributed by atoms with van der Waals surface area (Å²) in [6.07, 6.45) is 3.05. The average molecular weight is 357 g/mol. The number of carbonyl (C=O) groups excluding carboxylic acids is 1. The molecule has 2 heterocycles. The lowest BCUT2D eigenvalue weighted by molar-refractivity contribution is -0.133. The number of hydrogen-bond acceptors (Lipinski definition) is 7. The summed E-state index contributed by atoms with van der Waals surface area (Å²) < 4.78 is 15.4. The van der Waals surface area contributed by atoms with E-state index >= 15 is 0 Å². The molecule has 0 unspecified atom stereocenters. The van der Waals surface area contributed by atoms with Crippen LogP contribution in [0, 0.1) is 0 Å². The first-order valence-corrected chi connectivity index (χ1v) is 8.14. The Hall–Kier alpha value is -3.13. The molecule has 8 nitrogen and oxygen atoms in total. The van der Waals surface area contributed by atoms with E-state index in [1.807, 2.05) is 24.3 Å². The molecule has 3 aromatic rings. The first-order valence-electron chi connectivity index (χ1n) is 8.14. The zero-order valence-electron chi connectivity index (χ0n) is 14.3. The maximum atomic E-state index is 11.8. The van der Waals surface area contributed by atoms with Crippen LogP contribution in [-0.4, -0.2) is 29.8 Å². The largest absolute Gasteiger partial charge is 0.497 e. The summed E-state index contributed by atoms with van der Waals surface area (Å²) in [7, 11) is 1.60. The number of aryl methyl sites for hydroxylation is 1. The first kappa shape index (κ1) is 17.7. The quantitative estimate of drug-likeness (QED) is 0.464. The third kappa shape index (κ3) is 4.93. The lowest BCUT2D eigenvalue weighted by atomic mass is 10.2. The molecular formula is C18H19N3O5. The van der Waals surface area contributed by atoms with Crippen molar-refractivity contribution in [2.75, 3.05) is 13.7 Å². The van der Waals surface area contributed by atoms with Gasteiger partial charge in [-0.2, -0.15) is 4.98 Å². The van der Waals surface area contributed by atoms with Crippen LogP contribution >= 0.6 is 0 Å². The summed E-state index contributed by atoms with van der Waals surface area (Å²) in [4.78, 5) is 21.2. The molecule has 0 atom stereocenters. The predicted molar refractivity (Wildman–Crippen MR) is 91.1 cm³/mol. The van der Waals surface area contributed by atoms with E-state index < -0.39 is 0 Å². The van der Waals surface area contributed by atoms with E-state index in [0.29, 0.717) is 12.4 Å². The Morgan fingerprint density at radius 2 is 2.08 bits per heavy atom. The number of ether oxygens (including phenoxy) is 1. The monoisotopic (exact) mass is 357 g/mol. The molecule has 0 radical (unpaired) electrons. The molecule has 8 heteroatoms. The van der Waals surface area contributed by atoms with Crippen molar-refractivity contribution in [1.29, 1.82) is 0 Å². The summed E-state index contributed by atoms with van der Waals surface area (Å²) in [5, 5.41) is 3.88. The Morgan fingerprint density at radius 3 is 2.81 bits per heavy atom. The summed E-state index contributed by atoms with van der Waals surface area (Å²) in [5.74, 6) is 1.90. The van der Waals surface area contributed by atoms with Crippen molar-refractivity contribution in [3.63, 3.8) is 0 Å². The van der Waals surface area contributed by atoms with Crippen molar-refractivity contribution < 1.29 is 23.3 Å². The van der Waals surface area contributed by atoms with Crippen molar-refractivity contribution in [3.8, 4) is 17.1 Å². The van der Waals surface area contributed by atoms with Gasteiger partial charge in [0.25, 0.3) is 5.91 Å². The van der Waals surface area contributed by atoms with Gasteiger partial charge in [0.15, 0.2) is 0 Å². The number of hydrogen-bond donors (Lipinski definition) is 1. The molecule has 0 aliphatic carbocycles. The SMILES string of the molecule is COc1ccc(-c2noc(CC(=O)NOCCCc3ccco3)n2)cc1. The first-order chi connectivity index (χ1) is 12.7. The number of carbonyl (C=O) groups is 1. The minimum atomic E-state index is -0.354. The molecule has 0 spiro atoms. The second-order valence-electron chi connectivity index (χ2n) is 5.47. The number of furan rings is 1. The van der Waals surface area contributed by atoms with E-state index in [1.54, 1.807) is 25.5 Å². The molecule has 2 aromatic heterocycles. The summed E-state index contributed by atoms with van der Waals surface area (Å²) in [6.45, 7) is 0.382. The van der Waals surface area contributed by atoms with Crippen molar-refractivity contribution in [2.24, 2.45) is 0 Å². The van der Waals surface area contributed by atoms with Crippen LogP contribution in [0.3, 0.4) is 0 Å². The van der Waals surface area contributed by atoms with Gasteiger partial charge in [-0.1, -0.05) is 5.16 Å². The third-order valence-corrected chi connectivity index (χ3v) is 3.56. The van der Waals surface area contributed by atoms with E-state index in [-0.39, 0.29) is 18.2 Å². The fraction of sp³-hybridized carbons (Fsp3) is 0.278. The van der Waals surface area contributed by atoms with Gasteiger partial charge >= 0.3 is 0 Å². The van der Waals surface area contributed by atoms with Gasteiger partial charge in [0, 0.05) is 12.0 Å². The fourth-order valence-corrected chi connectivity index (χ4v) is 2.26. The molecule has 0 aliphatic rings. The molecule has 3 rings (SSSR count). The Balaban J connectivity index is 1.40. The normalized spacial score (nSPS) is 10.7. The molecule has 26 heavy (non-hydrogen) atoms. The van der Waals surface area contributed by atoms with Gasteiger partial charge in [0.2, 0.25) is 11.7 Å². The Bertz CT molecular complexity index is 812. The smallest absolute Gasteiger partial charge is 0.252 e. The molecule has 1 aromatic carbocycles. The van der Waals surface area contributed by atoms with Gasteiger partial charge in [0.05, 0.1) is 20.0 Å². The van der Waals surface area contributed by atoms with Crippen LogP contribution < -0.4 is 10.2 Å². The number of rotatable bonds is 9. The van der Waals surface area contributed by atoms with Crippen LogP contribution in [0.2, 0.25) is 0 Å². The molecule has 0 fully saturated rings. The predicted octanol–water partition coefficient (Wildman–Crippen LogP) is 2.56. The zero-order valence-corrected chi connectivity index (χ0v) is 14.3. The van der Waals surface area contributed by atoms with Crippen LogP contribution in [0.25, 0.3) is 11.4 Å². The summed E-state index contributed by atoms with van der Waals surface area (Å²) >= 11 is 0. The number of benzene rings is 1. The van der Waals surface area contributed by atoms with E-state index in [4.69, 9.17) is 18.5 Å². The lowest BCUT2D eigenvalue weighted by Crippen LogP contribution is -2.26. The summed E-state index contributed by atoms with van der Waals surface area (Å²) in [6, 6.07) is 11.0. The number of nitrogens with zero attached hydrogens (tertiary/aromatic N) is 2. The zero-order chi connectivity index (χ0) is 18.2. The van der Waals surface area contributed by atoms with Crippen LogP contribution in [-0.2, 0) is 22.5 Å². The van der Waals surface area contributed by atoms with Crippen molar-refractivity contribution in [2.45, 2.75) is 19.3 Å². The minimum absolute atomic E-state index is 0.0542.